The lowest BCUT2D eigenvalue weighted by molar-refractivity contribution is 0.222. The highest BCUT2D eigenvalue weighted by atomic mass is 16.3. The van der Waals surface area contributed by atoms with Gasteiger partial charge in [-0.05, 0) is 38.9 Å². The molecule has 13 heavy (non-hydrogen) atoms. The lowest BCUT2D eigenvalue weighted by Crippen LogP contribution is -2.34. The highest BCUT2D eigenvalue weighted by molar-refractivity contribution is 4.74. The van der Waals surface area contributed by atoms with Gasteiger partial charge in [-0.25, -0.2) is 0 Å². The van der Waals surface area contributed by atoms with Crippen LogP contribution in [0.4, 0.5) is 0 Å². The molecular weight excluding hydrogens is 164 g/mol. The molecule has 1 saturated heterocycles. The monoisotopic (exact) mass is 186 g/mol. The zero-order valence-corrected chi connectivity index (χ0v) is 8.79. The predicted octanol–water partition coefficient (Wildman–Crippen LogP) is 0.299. The molecule has 1 aliphatic rings. The molecule has 0 radical (unpaired) electrons. The standard InChI is InChI=1S/C10H22N2O/c1-9-3-5-12(7-9)6-4-10(8-13)11-2/h9-11,13H,3-8H2,1-2H3. The highest BCUT2D eigenvalue weighted by Crippen LogP contribution is 2.15. The van der Waals surface area contributed by atoms with Crippen molar-refractivity contribution < 1.29 is 5.11 Å². The van der Waals surface area contributed by atoms with Crippen molar-refractivity contribution in [2.45, 2.75) is 25.8 Å². The Bertz CT molecular complexity index is 137. The van der Waals surface area contributed by atoms with Gasteiger partial charge in [0.25, 0.3) is 0 Å². The van der Waals surface area contributed by atoms with E-state index in [4.69, 9.17) is 5.11 Å². The maximum absolute atomic E-state index is 8.97. The molecule has 0 aliphatic carbocycles. The SMILES string of the molecule is CNC(CO)CCN1CCC(C)C1. The first kappa shape index (κ1) is 11.0. The maximum Gasteiger partial charge on any atom is 0.0585 e. The molecule has 0 aromatic heterocycles. The Hall–Kier alpha value is -0.120. The first-order valence-corrected chi connectivity index (χ1v) is 5.26. The average molecular weight is 186 g/mol. The molecule has 2 unspecified atom stereocenters. The lowest BCUT2D eigenvalue weighted by atomic mass is 10.2. The minimum Gasteiger partial charge on any atom is -0.395 e. The molecule has 0 spiro atoms. The third-order valence-electron chi connectivity index (χ3n) is 2.93. The largest absolute Gasteiger partial charge is 0.395 e. The molecule has 1 fully saturated rings. The van der Waals surface area contributed by atoms with Crippen LogP contribution in [0.25, 0.3) is 0 Å². The summed E-state index contributed by atoms with van der Waals surface area (Å²) in [5.74, 6) is 0.863. The molecule has 0 aromatic carbocycles. The fourth-order valence-corrected chi connectivity index (χ4v) is 1.89. The fraction of sp³-hybridized carbons (Fsp3) is 1.00. The van der Waals surface area contributed by atoms with E-state index < -0.39 is 0 Å². The molecule has 3 heteroatoms. The van der Waals surface area contributed by atoms with E-state index in [-0.39, 0.29) is 12.6 Å². The van der Waals surface area contributed by atoms with E-state index >= 15 is 0 Å². The smallest absolute Gasteiger partial charge is 0.0585 e. The number of nitrogens with zero attached hydrogens (tertiary/aromatic N) is 1. The third kappa shape index (κ3) is 3.63. The van der Waals surface area contributed by atoms with Gasteiger partial charge >= 0.3 is 0 Å². The summed E-state index contributed by atoms with van der Waals surface area (Å²) >= 11 is 0. The molecule has 1 heterocycles. The molecule has 0 saturated carbocycles. The first-order valence-electron chi connectivity index (χ1n) is 5.26. The third-order valence-corrected chi connectivity index (χ3v) is 2.93. The van der Waals surface area contributed by atoms with Gasteiger partial charge < -0.3 is 15.3 Å². The summed E-state index contributed by atoms with van der Waals surface area (Å²) in [5, 5.41) is 12.1. The van der Waals surface area contributed by atoms with E-state index in [1.54, 1.807) is 0 Å². The lowest BCUT2D eigenvalue weighted by Gasteiger charge is -2.19. The van der Waals surface area contributed by atoms with Crippen LogP contribution in [0.2, 0.25) is 0 Å². The van der Waals surface area contributed by atoms with Crippen molar-refractivity contribution in [1.82, 2.24) is 10.2 Å². The van der Waals surface area contributed by atoms with E-state index in [0.717, 1.165) is 18.9 Å². The quantitative estimate of drug-likeness (QED) is 0.648. The van der Waals surface area contributed by atoms with Crippen molar-refractivity contribution in [3.8, 4) is 0 Å². The van der Waals surface area contributed by atoms with Gasteiger partial charge in [-0.2, -0.15) is 0 Å². The van der Waals surface area contributed by atoms with Crippen molar-refractivity contribution in [3.63, 3.8) is 0 Å². The zero-order valence-electron chi connectivity index (χ0n) is 8.79. The Labute approximate surface area is 81.1 Å². The van der Waals surface area contributed by atoms with E-state index in [2.05, 4.69) is 17.1 Å². The van der Waals surface area contributed by atoms with E-state index in [9.17, 15) is 0 Å². The number of hydrogen-bond acceptors (Lipinski definition) is 3. The number of likely N-dealkylation sites (tertiary alicyclic amines) is 1. The van der Waals surface area contributed by atoms with Crippen LogP contribution in [0.5, 0.6) is 0 Å². The molecule has 3 nitrogen and oxygen atoms in total. The van der Waals surface area contributed by atoms with Crippen molar-refractivity contribution in [3.05, 3.63) is 0 Å². The Balaban J connectivity index is 2.11. The van der Waals surface area contributed by atoms with Gasteiger partial charge in [-0.15, -0.1) is 0 Å². The summed E-state index contributed by atoms with van der Waals surface area (Å²) in [5.41, 5.74) is 0. The van der Waals surface area contributed by atoms with E-state index in [1.165, 1.54) is 19.5 Å². The molecule has 0 amide bonds. The number of aliphatic hydroxyl groups is 1. The minimum atomic E-state index is 0.250. The van der Waals surface area contributed by atoms with Crippen molar-refractivity contribution in [2.75, 3.05) is 33.3 Å². The van der Waals surface area contributed by atoms with Crippen molar-refractivity contribution in [2.24, 2.45) is 5.92 Å². The van der Waals surface area contributed by atoms with Gasteiger partial charge in [0.05, 0.1) is 6.61 Å². The molecule has 1 rings (SSSR count). The summed E-state index contributed by atoms with van der Waals surface area (Å²) in [6, 6.07) is 0.274. The fourth-order valence-electron chi connectivity index (χ4n) is 1.89. The number of nitrogens with one attached hydrogen (secondary N) is 1. The number of likely N-dealkylation sites (N-methyl/N-ethyl adjacent to an activating group) is 1. The molecule has 1 aliphatic heterocycles. The van der Waals surface area contributed by atoms with Gasteiger partial charge in [0, 0.05) is 12.6 Å². The maximum atomic E-state index is 8.97. The van der Waals surface area contributed by atoms with Crippen LogP contribution in [0.15, 0.2) is 0 Å². The average Bonchev–Trinajstić information content (AvgIpc) is 2.53. The Morgan fingerprint density at radius 1 is 1.62 bits per heavy atom. The van der Waals surface area contributed by atoms with Crippen molar-refractivity contribution in [1.29, 1.82) is 0 Å². The van der Waals surface area contributed by atoms with E-state index in [1.807, 2.05) is 7.05 Å². The summed E-state index contributed by atoms with van der Waals surface area (Å²) in [6.45, 7) is 6.16. The molecular formula is C10H22N2O. The second-order valence-electron chi connectivity index (χ2n) is 4.15. The topological polar surface area (TPSA) is 35.5 Å². The Kier molecular flexibility index (Phi) is 4.70. The number of hydrogen-bond donors (Lipinski definition) is 2. The summed E-state index contributed by atoms with van der Waals surface area (Å²) < 4.78 is 0. The van der Waals surface area contributed by atoms with E-state index in [0.29, 0.717) is 0 Å². The van der Waals surface area contributed by atoms with Crippen LogP contribution in [0, 0.1) is 5.92 Å². The summed E-state index contributed by atoms with van der Waals surface area (Å²) in [6.07, 6.45) is 2.39. The number of rotatable bonds is 5. The zero-order chi connectivity index (χ0) is 9.68. The van der Waals surface area contributed by atoms with Gasteiger partial charge in [-0.1, -0.05) is 6.92 Å². The van der Waals surface area contributed by atoms with Gasteiger partial charge in [0.15, 0.2) is 0 Å². The molecule has 2 atom stereocenters. The Morgan fingerprint density at radius 3 is 2.85 bits per heavy atom. The van der Waals surface area contributed by atoms with Gasteiger partial charge in [-0.3, -0.25) is 0 Å². The van der Waals surface area contributed by atoms with Gasteiger partial charge in [0.2, 0.25) is 0 Å². The van der Waals surface area contributed by atoms with Gasteiger partial charge in [0.1, 0.15) is 0 Å². The molecule has 78 valence electrons. The Morgan fingerprint density at radius 2 is 2.38 bits per heavy atom. The van der Waals surface area contributed by atoms with Crippen LogP contribution in [-0.2, 0) is 0 Å². The van der Waals surface area contributed by atoms with Crippen LogP contribution in [-0.4, -0.2) is 49.3 Å². The predicted molar refractivity (Wildman–Crippen MR) is 54.8 cm³/mol. The second-order valence-corrected chi connectivity index (χ2v) is 4.15. The second kappa shape index (κ2) is 5.58. The van der Waals surface area contributed by atoms with Crippen LogP contribution < -0.4 is 5.32 Å². The van der Waals surface area contributed by atoms with Crippen LogP contribution >= 0.6 is 0 Å². The van der Waals surface area contributed by atoms with Crippen LogP contribution in [0.1, 0.15) is 19.8 Å². The number of aliphatic hydroxyl groups excluding tert-OH is 1. The van der Waals surface area contributed by atoms with Crippen LogP contribution in [0.3, 0.4) is 0 Å². The summed E-state index contributed by atoms with van der Waals surface area (Å²) in [4.78, 5) is 2.49. The minimum absolute atomic E-state index is 0.250. The van der Waals surface area contributed by atoms with Crippen molar-refractivity contribution >= 4 is 0 Å². The molecule has 0 aromatic rings. The molecule has 0 bridgehead atoms. The molecule has 2 N–H and O–H groups in total. The summed E-state index contributed by atoms with van der Waals surface area (Å²) in [7, 11) is 1.91. The first-order chi connectivity index (χ1) is 6.26. The highest BCUT2D eigenvalue weighted by Gasteiger charge is 2.18. The normalized spacial score (nSPS) is 26.5.